The highest BCUT2D eigenvalue weighted by Crippen LogP contribution is 2.36. The summed E-state index contributed by atoms with van der Waals surface area (Å²) in [5.74, 6) is 1.45. The number of benzene rings is 1. The van der Waals surface area contributed by atoms with Crippen LogP contribution in [0.15, 0.2) is 36.7 Å². The first-order valence-corrected chi connectivity index (χ1v) is 6.88. The van der Waals surface area contributed by atoms with Gasteiger partial charge in [0.15, 0.2) is 0 Å². The normalized spacial score (nSPS) is 16.9. The lowest BCUT2D eigenvalue weighted by Crippen LogP contribution is -2.16. The first kappa shape index (κ1) is 12.3. The van der Waals surface area contributed by atoms with E-state index >= 15 is 0 Å². The molecular formula is C16H19N3. The highest BCUT2D eigenvalue weighted by atomic mass is 14.9. The Morgan fingerprint density at radius 1 is 1.11 bits per heavy atom. The van der Waals surface area contributed by atoms with Crippen molar-refractivity contribution in [2.24, 2.45) is 5.73 Å². The zero-order valence-electron chi connectivity index (χ0n) is 11.2. The van der Waals surface area contributed by atoms with Gasteiger partial charge in [0, 0.05) is 12.4 Å². The Kier molecular flexibility index (Phi) is 3.30. The van der Waals surface area contributed by atoms with Crippen molar-refractivity contribution in [3.8, 4) is 0 Å². The van der Waals surface area contributed by atoms with Gasteiger partial charge in [0.05, 0.1) is 6.04 Å². The van der Waals surface area contributed by atoms with Crippen LogP contribution in [0.5, 0.6) is 0 Å². The Bertz CT molecular complexity index is 541. The molecule has 0 aliphatic heterocycles. The molecule has 1 heterocycles. The highest BCUT2D eigenvalue weighted by Gasteiger charge is 2.19. The molecule has 19 heavy (non-hydrogen) atoms. The summed E-state index contributed by atoms with van der Waals surface area (Å²) < 4.78 is 0. The van der Waals surface area contributed by atoms with E-state index in [0.29, 0.717) is 5.82 Å². The molecule has 1 fully saturated rings. The summed E-state index contributed by atoms with van der Waals surface area (Å²) in [6.07, 6.45) is 7.64. The lowest BCUT2D eigenvalue weighted by atomic mass is 9.80. The minimum Gasteiger partial charge on any atom is -0.318 e. The summed E-state index contributed by atoms with van der Waals surface area (Å²) in [6.45, 7) is 1.97. The van der Waals surface area contributed by atoms with Crippen LogP contribution in [0.3, 0.4) is 0 Å². The van der Waals surface area contributed by atoms with Crippen molar-refractivity contribution in [2.45, 2.75) is 38.1 Å². The van der Waals surface area contributed by atoms with E-state index in [1.165, 1.54) is 24.8 Å². The number of aryl methyl sites for hydroxylation is 1. The third-order valence-electron chi connectivity index (χ3n) is 3.95. The van der Waals surface area contributed by atoms with Crippen molar-refractivity contribution in [3.05, 3.63) is 59.2 Å². The van der Waals surface area contributed by atoms with E-state index in [2.05, 4.69) is 34.2 Å². The maximum absolute atomic E-state index is 6.21. The molecule has 98 valence electrons. The monoisotopic (exact) mass is 253 g/mol. The van der Waals surface area contributed by atoms with Crippen molar-refractivity contribution in [2.75, 3.05) is 0 Å². The van der Waals surface area contributed by atoms with Crippen LogP contribution in [0.2, 0.25) is 0 Å². The molecule has 2 N–H and O–H groups in total. The second-order valence-electron chi connectivity index (χ2n) is 5.39. The van der Waals surface area contributed by atoms with Crippen LogP contribution >= 0.6 is 0 Å². The number of aromatic nitrogens is 2. The summed E-state index contributed by atoms with van der Waals surface area (Å²) in [5, 5.41) is 0. The van der Waals surface area contributed by atoms with Crippen LogP contribution in [0.1, 0.15) is 53.7 Å². The van der Waals surface area contributed by atoms with Crippen LogP contribution in [-0.4, -0.2) is 9.97 Å². The molecule has 3 heteroatoms. The first-order valence-electron chi connectivity index (χ1n) is 6.88. The Labute approximate surface area is 113 Å². The zero-order valence-corrected chi connectivity index (χ0v) is 11.2. The van der Waals surface area contributed by atoms with Gasteiger partial charge in [-0.25, -0.2) is 9.97 Å². The third kappa shape index (κ3) is 2.51. The average Bonchev–Trinajstić information content (AvgIpc) is 2.38. The number of nitrogens with two attached hydrogens (primary N) is 1. The zero-order chi connectivity index (χ0) is 13.2. The maximum atomic E-state index is 6.21. The fraction of sp³-hybridized carbons (Fsp3) is 0.375. The van der Waals surface area contributed by atoms with Crippen LogP contribution in [0.4, 0.5) is 0 Å². The number of hydrogen-bond donors (Lipinski definition) is 1. The van der Waals surface area contributed by atoms with Gasteiger partial charge in [0.2, 0.25) is 0 Å². The van der Waals surface area contributed by atoms with Crippen molar-refractivity contribution in [1.82, 2.24) is 9.97 Å². The molecular weight excluding hydrogens is 234 g/mol. The van der Waals surface area contributed by atoms with Crippen molar-refractivity contribution >= 4 is 0 Å². The molecule has 1 aromatic heterocycles. The SMILES string of the molecule is Cc1cnc(C(N)c2ccc(C3CCC3)cc2)nc1. The lowest BCUT2D eigenvalue weighted by Gasteiger charge is -2.26. The van der Waals surface area contributed by atoms with Gasteiger partial charge in [-0.15, -0.1) is 0 Å². The van der Waals surface area contributed by atoms with E-state index in [1.807, 2.05) is 19.3 Å². The van der Waals surface area contributed by atoms with Gasteiger partial charge in [0.1, 0.15) is 5.82 Å². The number of rotatable bonds is 3. The summed E-state index contributed by atoms with van der Waals surface area (Å²) in [7, 11) is 0. The molecule has 3 nitrogen and oxygen atoms in total. The fourth-order valence-corrected chi connectivity index (χ4v) is 2.43. The molecule has 1 aliphatic rings. The number of hydrogen-bond acceptors (Lipinski definition) is 3. The molecule has 2 aromatic rings. The van der Waals surface area contributed by atoms with Crippen molar-refractivity contribution in [3.63, 3.8) is 0 Å². The van der Waals surface area contributed by atoms with E-state index in [9.17, 15) is 0 Å². The minimum atomic E-state index is -0.240. The Balaban J connectivity index is 1.79. The molecule has 1 atom stereocenters. The average molecular weight is 253 g/mol. The van der Waals surface area contributed by atoms with Gasteiger partial charge in [-0.2, -0.15) is 0 Å². The topological polar surface area (TPSA) is 51.8 Å². The van der Waals surface area contributed by atoms with E-state index < -0.39 is 0 Å². The summed E-state index contributed by atoms with van der Waals surface area (Å²) in [4.78, 5) is 8.61. The second kappa shape index (κ2) is 5.10. The third-order valence-corrected chi connectivity index (χ3v) is 3.95. The summed E-state index contributed by atoms with van der Waals surface area (Å²) in [6, 6.07) is 8.39. The summed E-state index contributed by atoms with van der Waals surface area (Å²) in [5.41, 5.74) is 9.78. The molecule has 1 unspecified atom stereocenters. The largest absolute Gasteiger partial charge is 0.318 e. The molecule has 0 bridgehead atoms. The first-order chi connectivity index (χ1) is 9.24. The smallest absolute Gasteiger partial charge is 0.149 e. The van der Waals surface area contributed by atoms with Crippen LogP contribution in [0.25, 0.3) is 0 Å². The quantitative estimate of drug-likeness (QED) is 0.914. The van der Waals surface area contributed by atoms with Gasteiger partial charge in [-0.05, 0) is 42.4 Å². The molecule has 0 spiro atoms. The van der Waals surface area contributed by atoms with Crippen LogP contribution < -0.4 is 5.73 Å². The molecule has 0 radical (unpaired) electrons. The predicted molar refractivity (Wildman–Crippen MR) is 75.8 cm³/mol. The maximum Gasteiger partial charge on any atom is 0.149 e. The highest BCUT2D eigenvalue weighted by molar-refractivity contribution is 5.30. The number of nitrogens with zero attached hydrogens (tertiary/aromatic N) is 2. The lowest BCUT2D eigenvalue weighted by molar-refractivity contribution is 0.419. The van der Waals surface area contributed by atoms with E-state index in [-0.39, 0.29) is 6.04 Å². The fourth-order valence-electron chi connectivity index (χ4n) is 2.43. The van der Waals surface area contributed by atoms with Gasteiger partial charge >= 0.3 is 0 Å². The Morgan fingerprint density at radius 3 is 2.26 bits per heavy atom. The molecule has 1 aromatic carbocycles. The van der Waals surface area contributed by atoms with E-state index in [0.717, 1.165) is 17.0 Å². The van der Waals surface area contributed by atoms with Gasteiger partial charge in [-0.3, -0.25) is 0 Å². The standard InChI is InChI=1S/C16H19N3/c1-11-9-18-16(19-10-11)15(17)14-7-5-13(6-8-14)12-3-2-4-12/h5-10,12,15H,2-4,17H2,1H3. The minimum absolute atomic E-state index is 0.240. The van der Waals surface area contributed by atoms with Crippen LogP contribution in [0, 0.1) is 6.92 Å². The molecule has 0 amide bonds. The van der Waals surface area contributed by atoms with Gasteiger partial charge in [0.25, 0.3) is 0 Å². The van der Waals surface area contributed by atoms with Crippen molar-refractivity contribution in [1.29, 1.82) is 0 Å². The molecule has 0 saturated heterocycles. The second-order valence-corrected chi connectivity index (χ2v) is 5.39. The predicted octanol–water partition coefficient (Wildman–Crippen LogP) is 3.10. The van der Waals surface area contributed by atoms with Crippen molar-refractivity contribution < 1.29 is 0 Å². The Morgan fingerprint density at radius 2 is 1.74 bits per heavy atom. The van der Waals surface area contributed by atoms with E-state index in [4.69, 9.17) is 5.73 Å². The van der Waals surface area contributed by atoms with E-state index in [1.54, 1.807) is 0 Å². The Hall–Kier alpha value is -1.74. The molecule has 1 aliphatic carbocycles. The van der Waals surface area contributed by atoms with Gasteiger partial charge < -0.3 is 5.73 Å². The molecule has 3 rings (SSSR count). The summed E-state index contributed by atoms with van der Waals surface area (Å²) >= 11 is 0. The van der Waals surface area contributed by atoms with Crippen LogP contribution in [-0.2, 0) is 0 Å². The molecule has 1 saturated carbocycles. The van der Waals surface area contributed by atoms with Gasteiger partial charge in [-0.1, -0.05) is 30.7 Å².